The number of hydrogen-bond acceptors (Lipinski definition) is 10. The highest BCUT2D eigenvalue weighted by molar-refractivity contribution is 5.81. The fourth-order valence-corrected chi connectivity index (χ4v) is 3.84. The van der Waals surface area contributed by atoms with Gasteiger partial charge in [-0.1, -0.05) is 0 Å². The van der Waals surface area contributed by atoms with Crippen molar-refractivity contribution in [2.45, 2.75) is 49.6 Å². The van der Waals surface area contributed by atoms with Gasteiger partial charge >= 0.3 is 6.08 Å². The van der Waals surface area contributed by atoms with E-state index in [1.54, 1.807) is 0 Å². The number of hydrogen-bond donors (Lipinski definition) is 5. The molecular weight excluding hydrogens is 377 g/mol. The molecule has 4 rings (SSSR count). The van der Waals surface area contributed by atoms with Crippen molar-refractivity contribution < 1.29 is 34.3 Å². The normalized spacial score (nSPS) is 35.8. The van der Waals surface area contributed by atoms with E-state index in [1.807, 2.05) is 0 Å². The van der Waals surface area contributed by atoms with Crippen LogP contribution in [0.3, 0.4) is 0 Å². The molecule has 154 valence electrons. The smallest absolute Gasteiger partial charge is 0.312 e. The number of fused-ring (bicyclic) bond motifs is 1. The average molecular weight is 399 g/mol. The zero-order valence-electron chi connectivity index (χ0n) is 14.8. The lowest BCUT2D eigenvalue weighted by Gasteiger charge is -2.20. The standard InChI is InChI=1S/C16H22FN5O6/c17-16-20-13(18)10-14(21-16)22(5-19-10)15-8(24)2-7(28-15)4-27-9-1-6(3-23)11(25)12(9)26/h5-9,11-12,15,23-26H,1-4H2,(H2,18,20,21)/t6?,7-,8?,9?,11?,12?,15+/m0/s1. The number of aliphatic hydroxyl groups excluding tert-OH is 4. The van der Waals surface area contributed by atoms with Crippen LogP contribution in [0.25, 0.3) is 11.2 Å². The number of imidazole rings is 1. The fraction of sp³-hybridized carbons (Fsp3) is 0.688. The quantitative estimate of drug-likeness (QED) is 0.366. The summed E-state index contributed by atoms with van der Waals surface area (Å²) in [5, 5.41) is 39.4. The molecule has 0 bridgehead atoms. The Labute approximate surface area is 158 Å². The number of nitrogens with zero attached hydrogens (tertiary/aromatic N) is 4. The topological polar surface area (TPSA) is 169 Å². The second kappa shape index (κ2) is 7.46. The molecule has 2 aromatic rings. The lowest BCUT2D eigenvalue weighted by atomic mass is 10.1. The first-order valence-corrected chi connectivity index (χ1v) is 8.96. The van der Waals surface area contributed by atoms with Crippen LogP contribution in [0.5, 0.6) is 0 Å². The Bertz CT molecular complexity index is 852. The van der Waals surface area contributed by atoms with Crippen molar-refractivity contribution in [3.05, 3.63) is 12.4 Å². The minimum Gasteiger partial charge on any atom is -0.396 e. The fourth-order valence-electron chi connectivity index (χ4n) is 3.84. The van der Waals surface area contributed by atoms with E-state index >= 15 is 0 Å². The highest BCUT2D eigenvalue weighted by atomic mass is 19.1. The Kier molecular flexibility index (Phi) is 5.16. The van der Waals surface area contributed by atoms with E-state index in [2.05, 4.69) is 15.0 Å². The molecule has 2 fully saturated rings. The molecule has 0 amide bonds. The largest absolute Gasteiger partial charge is 0.396 e. The lowest BCUT2D eigenvalue weighted by Crippen LogP contribution is -2.34. The Balaban J connectivity index is 1.43. The van der Waals surface area contributed by atoms with Gasteiger partial charge in [0, 0.05) is 18.9 Å². The summed E-state index contributed by atoms with van der Waals surface area (Å²) in [5.41, 5.74) is 5.95. The summed E-state index contributed by atoms with van der Waals surface area (Å²) in [4.78, 5) is 11.1. The van der Waals surface area contributed by atoms with Crippen molar-refractivity contribution in [3.8, 4) is 0 Å². The maximum Gasteiger partial charge on any atom is 0.312 e. The molecular formula is C16H22FN5O6. The van der Waals surface area contributed by atoms with E-state index in [4.69, 9.17) is 15.2 Å². The van der Waals surface area contributed by atoms with E-state index in [1.165, 1.54) is 10.9 Å². The number of rotatable bonds is 5. The maximum absolute atomic E-state index is 13.5. The molecule has 6 N–H and O–H groups in total. The van der Waals surface area contributed by atoms with E-state index in [-0.39, 0.29) is 36.6 Å². The molecule has 2 aromatic heterocycles. The number of aliphatic hydroxyl groups is 4. The third kappa shape index (κ3) is 3.32. The monoisotopic (exact) mass is 399 g/mol. The van der Waals surface area contributed by atoms with Gasteiger partial charge in [0.2, 0.25) is 0 Å². The van der Waals surface area contributed by atoms with Crippen molar-refractivity contribution in [1.82, 2.24) is 19.5 Å². The van der Waals surface area contributed by atoms with Crippen LogP contribution in [-0.4, -0.2) is 83.7 Å². The van der Waals surface area contributed by atoms with Crippen LogP contribution < -0.4 is 5.73 Å². The van der Waals surface area contributed by atoms with Gasteiger partial charge in [0.25, 0.3) is 0 Å². The molecule has 0 radical (unpaired) electrons. The number of nitrogen functional groups attached to an aromatic ring is 1. The van der Waals surface area contributed by atoms with Crippen molar-refractivity contribution in [2.75, 3.05) is 18.9 Å². The first-order chi connectivity index (χ1) is 13.4. The molecule has 12 heteroatoms. The molecule has 0 spiro atoms. The van der Waals surface area contributed by atoms with Gasteiger partial charge in [-0.2, -0.15) is 14.4 Å². The minimum atomic E-state index is -1.10. The van der Waals surface area contributed by atoms with Gasteiger partial charge in [0.15, 0.2) is 23.2 Å². The Hall–Kier alpha value is -1.96. The molecule has 0 aromatic carbocycles. The summed E-state index contributed by atoms with van der Waals surface area (Å²) in [6.45, 7) is -0.174. The number of nitrogens with two attached hydrogens (primary N) is 1. The molecule has 2 aliphatic rings. The number of halogens is 1. The SMILES string of the molecule is Nc1nc(F)nc2c1ncn2[C@@H]1O[C@H](COC2CC(CO)C(O)C2O)CC1O. The summed E-state index contributed by atoms with van der Waals surface area (Å²) in [7, 11) is 0. The van der Waals surface area contributed by atoms with E-state index < -0.39 is 48.7 Å². The summed E-state index contributed by atoms with van der Waals surface area (Å²) in [6, 6.07) is 0. The highest BCUT2D eigenvalue weighted by Crippen LogP contribution is 2.33. The number of ether oxygens (including phenoxy) is 2. The van der Waals surface area contributed by atoms with Crippen molar-refractivity contribution in [2.24, 2.45) is 5.92 Å². The lowest BCUT2D eigenvalue weighted by molar-refractivity contribution is -0.0992. The Morgan fingerprint density at radius 2 is 2.04 bits per heavy atom. The third-order valence-electron chi connectivity index (χ3n) is 5.34. The van der Waals surface area contributed by atoms with Crippen LogP contribution in [0, 0.1) is 12.0 Å². The van der Waals surface area contributed by atoms with Gasteiger partial charge in [0.05, 0.1) is 31.2 Å². The van der Waals surface area contributed by atoms with Gasteiger partial charge in [-0.3, -0.25) is 4.57 Å². The summed E-state index contributed by atoms with van der Waals surface area (Å²) in [5.74, 6) is -0.555. The first kappa shape index (κ1) is 19.4. The molecule has 7 atom stereocenters. The zero-order valence-corrected chi connectivity index (χ0v) is 14.8. The van der Waals surface area contributed by atoms with Crippen LogP contribution in [0.2, 0.25) is 0 Å². The van der Waals surface area contributed by atoms with E-state index in [0.717, 1.165) is 0 Å². The van der Waals surface area contributed by atoms with Crippen LogP contribution in [0.15, 0.2) is 6.33 Å². The van der Waals surface area contributed by atoms with Crippen LogP contribution >= 0.6 is 0 Å². The van der Waals surface area contributed by atoms with Gasteiger partial charge in [-0.25, -0.2) is 4.98 Å². The molecule has 1 aliphatic carbocycles. The van der Waals surface area contributed by atoms with Gasteiger partial charge < -0.3 is 35.6 Å². The second-order valence-electron chi connectivity index (χ2n) is 7.18. The summed E-state index contributed by atoms with van der Waals surface area (Å²) < 4.78 is 26.4. The van der Waals surface area contributed by atoms with Crippen LogP contribution in [0.1, 0.15) is 19.1 Å². The van der Waals surface area contributed by atoms with E-state index in [0.29, 0.717) is 6.42 Å². The average Bonchev–Trinajstić information content (AvgIpc) is 3.31. The van der Waals surface area contributed by atoms with Crippen LogP contribution in [0.4, 0.5) is 10.2 Å². The van der Waals surface area contributed by atoms with E-state index in [9.17, 15) is 24.8 Å². The Morgan fingerprint density at radius 3 is 2.75 bits per heavy atom. The van der Waals surface area contributed by atoms with Gasteiger partial charge in [0.1, 0.15) is 12.2 Å². The predicted molar refractivity (Wildman–Crippen MR) is 91.2 cm³/mol. The second-order valence-corrected chi connectivity index (χ2v) is 7.18. The number of anilines is 1. The number of aromatic nitrogens is 4. The molecule has 28 heavy (non-hydrogen) atoms. The summed E-state index contributed by atoms with van der Waals surface area (Å²) >= 11 is 0. The molecule has 1 saturated heterocycles. The molecule has 1 saturated carbocycles. The Morgan fingerprint density at radius 1 is 1.25 bits per heavy atom. The minimum absolute atomic E-state index is 0.0677. The van der Waals surface area contributed by atoms with Gasteiger partial charge in [-0.15, -0.1) is 0 Å². The van der Waals surface area contributed by atoms with Crippen molar-refractivity contribution in [3.63, 3.8) is 0 Å². The van der Waals surface area contributed by atoms with Crippen LogP contribution in [-0.2, 0) is 9.47 Å². The molecule has 5 unspecified atom stereocenters. The molecule has 11 nitrogen and oxygen atoms in total. The molecule has 1 aliphatic heterocycles. The van der Waals surface area contributed by atoms with Crippen molar-refractivity contribution in [1.29, 1.82) is 0 Å². The predicted octanol–water partition coefficient (Wildman–Crippen LogP) is -1.68. The molecule has 3 heterocycles. The van der Waals surface area contributed by atoms with Gasteiger partial charge in [-0.05, 0) is 6.42 Å². The zero-order chi connectivity index (χ0) is 20.0. The third-order valence-corrected chi connectivity index (χ3v) is 5.34. The first-order valence-electron chi connectivity index (χ1n) is 8.96. The maximum atomic E-state index is 13.5. The summed E-state index contributed by atoms with van der Waals surface area (Å²) in [6.07, 6.45) is -4.18. The highest BCUT2D eigenvalue weighted by Gasteiger charge is 2.43. The van der Waals surface area contributed by atoms with Crippen molar-refractivity contribution >= 4 is 17.0 Å².